The first-order valence-corrected chi connectivity index (χ1v) is 7.61. The first-order valence-electron chi connectivity index (χ1n) is 6.79. The number of amides is 1. The lowest BCUT2D eigenvalue weighted by atomic mass is 9.98. The molecule has 3 unspecified atom stereocenters. The van der Waals surface area contributed by atoms with E-state index in [4.69, 9.17) is 10.5 Å². The molecular weight excluding hydrogens is 260 g/mol. The molecule has 2 aliphatic rings. The number of aryl methyl sites for hydroxylation is 1. The summed E-state index contributed by atoms with van der Waals surface area (Å²) in [5.74, 6) is 1.91. The summed E-state index contributed by atoms with van der Waals surface area (Å²) in [6.45, 7) is 3.67. The summed E-state index contributed by atoms with van der Waals surface area (Å²) in [5, 5.41) is 0. The van der Waals surface area contributed by atoms with Crippen LogP contribution in [0.2, 0.25) is 0 Å². The third-order valence-electron chi connectivity index (χ3n) is 4.43. The Hall–Kier alpha value is -1.07. The Balaban J connectivity index is 1.78. The molecule has 1 amide bonds. The van der Waals surface area contributed by atoms with Gasteiger partial charge in [0.05, 0.1) is 7.11 Å². The van der Waals surface area contributed by atoms with Crippen molar-refractivity contribution >= 4 is 17.2 Å². The number of likely N-dealkylation sites (tertiary alicyclic amines) is 1. The lowest BCUT2D eigenvalue weighted by Crippen LogP contribution is -2.33. The fourth-order valence-corrected chi connectivity index (χ4v) is 4.36. The molecule has 104 valence electrons. The van der Waals surface area contributed by atoms with Crippen molar-refractivity contribution < 1.29 is 9.53 Å². The van der Waals surface area contributed by atoms with Gasteiger partial charge in [0.1, 0.15) is 10.6 Å². The average molecular weight is 280 g/mol. The highest BCUT2D eigenvalue weighted by Crippen LogP contribution is 2.39. The number of thiophene rings is 1. The van der Waals surface area contributed by atoms with Gasteiger partial charge in [0, 0.05) is 24.0 Å². The van der Waals surface area contributed by atoms with Crippen LogP contribution < -0.4 is 10.5 Å². The van der Waals surface area contributed by atoms with Gasteiger partial charge in [-0.1, -0.05) is 0 Å². The molecule has 2 N–H and O–H groups in total. The Morgan fingerprint density at radius 1 is 1.47 bits per heavy atom. The molecule has 1 aromatic heterocycles. The summed E-state index contributed by atoms with van der Waals surface area (Å²) < 4.78 is 5.30. The van der Waals surface area contributed by atoms with Crippen molar-refractivity contribution in [2.75, 3.05) is 20.2 Å². The Labute approximate surface area is 117 Å². The van der Waals surface area contributed by atoms with Crippen LogP contribution in [-0.2, 0) is 0 Å². The molecule has 3 rings (SSSR count). The number of hydrogen-bond donors (Lipinski definition) is 1. The molecule has 1 aromatic rings. The normalized spacial score (nSPS) is 29.6. The SMILES string of the molecule is COc1cc(C)sc1C(=O)N1CC2CCC(N)C2C1. The summed E-state index contributed by atoms with van der Waals surface area (Å²) >= 11 is 1.52. The minimum absolute atomic E-state index is 0.108. The van der Waals surface area contributed by atoms with Gasteiger partial charge in [-0.2, -0.15) is 0 Å². The largest absolute Gasteiger partial charge is 0.495 e. The summed E-state index contributed by atoms with van der Waals surface area (Å²) in [5.41, 5.74) is 6.12. The molecule has 19 heavy (non-hydrogen) atoms. The molecule has 3 atom stereocenters. The molecule has 1 aliphatic carbocycles. The highest BCUT2D eigenvalue weighted by atomic mass is 32.1. The maximum absolute atomic E-state index is 12.6. The summed E-state index contributed by atoms with van der Waals surface area (Å²) in [6.07, 6.45) is 2.27. The van der Waals surface area contributed by atoms with E-state index in [1.807, 2.05) is 17.9 Å². The molecule has 1 saturated carbocycles. The number of rotatable bonds is 2. The van der Waals surface area contributed by atoms with Crippen molar-refractivity contribution in [2.24, 2.45) is 17.6 Å². The van der Waals surface area contributed by atoms with E-state index in [0.29, 0.717) is 17.6 Å². The van der Waals surface area contributed by atoms with Gasteiger partial charge in [0.25, 0.3) is 5.91 Å². The number of methoxy groups -OCH3 is 1. The molecule has 5 heteroatoms. The number of fused-ring (bicyclic) bond motifs is 1. The molecule has 1 aliphatic heterocycles. The van der Waals surface area contributed by atoms with Gasteiger partial charge < -0.3 is 15.4 Å². The quantitative estimate of drug-likeness (QED) is 0.900. The van der Waals surface area contributed by atoms with Gasteiger partial charge >= 0.3 is 0 Å². The number of carbonyl (C=O) groups excluding carboxylic acids is 1. The van der Waals surface area contributed by atoms with E-state index in [-0.39, 0.29) is 11.9 Å². The van der Waals surface area contributed by atoms with E-state index in [1.165, 1.54) is 11.3 Å². The highest BCUT2D eigenvalue weighted by molar-refractivity contribution is 7.14. The zero-order valence-corrected chi connectivity index (χ0v) is 12.2. The predicted octanol–water partition coefficient (Wildman–Crippen LogP) is 1.87. The lowest BCUT2D eigenvalue weighted by molar-refractivity contribution is 0.0781. The van der Waals surface area contributed by atoms with Crippen LogP contribution in [0.5, 0.6) is 5.75 Å². The first kappa shape index (κ1) is 12.9. The van der Waals surface area contributed by atoms with Crippen molar-refractivity contribution in [3.8, 4) is 5.75 Å². The van der Waals surface area contributed by atoms with Crippen LogP contribution in [0.25, 0.3) is 0 Å². The Kier molecular flexibility index (Phi) is 3.27. The smallest absolute Gasteiger partial charge is 0.267 e. The van der Waals surface area contributed by atoms with E-state index in [2.05, 4.69) is 0 Å². The van der Waals surface area contributed by atoms with Crippen LogP contribution in [0.4, 0.5) is 0 Å². The summed E-state index contributed by atoms with van der Waals surface area (Å²) in [7, 11) is 1.62. The van der Waals surface area contributed by atoms with Crippen molar-refractivity contribution in [2.45, 2.75) is 25.8 Å². The minimum Gasteiger partial charge on any atom is -0.495 e. The molecule has 0 radical (unpaired) electrons. The highest BCUT2D eigenvalue weighted by Gasteiger charge is 2.43. The number of ether oxygens (including phenoxy) is 1. The zero-order chi connectivity index (χ0) is 13.6. The van der Waals surface area contributed by atoms with Crippen LogP contribution in [-0.4, -0.2) is 37.0 Å². The predicted molar refractivity (Wildman–Crippen MR) is 75.7 cm³/mol. The number of nitrogens with two attached hydrogens (primary N) is 1. The first-order chi connectivity index (χ1) is 9.10. The Bertz CT molecular complexity index is 500. The van der Waals surface area contributed by atoms with Crippen molar-refractivity contribution in [1.29, 1.82) is 0 Å². The Morgan fingerprint density at radius 3 is 2.95 bits per heavy atom. The monoisotopic (exact) mass is 280 g/mol. The second kappa shape index (κ2) is 4.80. The van der Waals surface area contributed by atoms with Crippen molar-refractivity contribution in [1.82, 2.24) is 4.90 Å². The summed E-state index contributed by atoms with van der Waals surface area (Å²) in [6, 6.07) is 2.20. The second-order valence-electron chi connectivity index (χ2n) is 5.63. The molecule has 1 saturated heterocycles. The number of carbonyl (C=O) groups is 1. The van der Waals surface area contributed by atoms with E-state index in [0.717, 1.165) is 35.7 Å². The van der Waals surface area contributed by atoms with Gasteiger partial charge in [-0.05, 0) is 37.7 Å². The average Bonchev–Trinajstić information content (AvgIpc) is 3.05. The van der Waals surface area contributed by atoms with Gasteiger partial charge in [-0.15, -0.1) is 11.3 Å². The number of hydrogen-bond acceptors (Lipinski definition) is 4. The molecule has 0 aromatic carbocycles. The summed E-state index contributed by atoms with van der Waals surface area (Å²) in [4.78, 5) is 16.4. The van der Waals surface area contributed by atoms with Crippen molar-refractivity contribution in [3.05, 3.63) is 15.8 Å². The standard InChI is InChI=1S/C14H20N2O2S/c1-8-5-12(18-2)13(19-8)14(17)16-6-9-3-4-11(15)10(9)7-16/h5,9-11H,3-4,6-7,15H2,1-2H3. The van der Waals surface area contributed by atoms with Crippen LogP contribution >= 0.6 is 11.3 Å². The zero-order valence-electron chi connectivity index (χ0n) is 11.4. The maximum atomic E-state index is 12.6. The molecule has 0 spiro atoms. The van der Waals surface area contributed by atoms with Gasteiger partial charge in [0.2, 0.25) is 0 Å². The molecular formula is C14H20N2O2S. The topological polar surface area (TPSA) is 55.6 Å². The number of nitrogens with zero attached hydrogens (tertiary/aromatic N) is 1. The van der Waals surface area contributed by atoms with Crippen LogP contribution in [0.3, 0.4) is 0 Å². The van der Waals surface area contributed by atoms with E-state index in [1.54, 1.807) is 7.11 Å². The van der Waals surface area contributed by atoms with Crippen LogP contribution in [0.1, 0.15) is 27.4 Å². The van der Waals surface area contributed by atoms with E-state index >= 15 is 0 Å². The van der Waals surface area contributed by atoms with Gasteiger partial charge in [0.15, 0.2) is 0 Å². The van der Waals surface area contributed by atoms with Crippen molar-refractivity contribution in [3.63, 3.8) is 0 Å². The Morgan fingerprint density at radius 2 is 2.26 bits per heavy atom. The van der Waals surface area contributed by atoms with Crippen LogP contribution in [0, 0.1) is 18.8 Å². The van der Waals surface area contributed by atoms with Crippen LogP contribution in [0.15, 0.2) is 6.07 Å². The molecule has 2 fully saturated rings. The fraction of sp³-hybridized carbons (Fsp3) is 0.643. The van der Waals surface area contributed by atoms with E-state index < -0.39 is 0 Å². The van der Waals surface area contributed by atoms with Gasteiger partial charge in [-0.3, -0.25) is 4.79 Å². The second-order valence-corrected chi connectivity index (χ2v) is 6.89. The third kappa shape index (κ3) is 2.15. The lowest BCUT2D eigenvalue weighted by Gasteiger charge is -2.18. The fourth-order valence-electron chi connectivity index (χ4n) is 3.41. The third-order valence-corrected chi connectivity index (χ3v) is 5.45. The van der Waals surface area contributed by atoms with Gasteiger partial charge in [-0.25, -0.2) is 0 Å². The van der Waals surface area contributed by atoms with E-state index in [9.17, 15) is 4.79 Å². The maximum Gasteiger partial charge on any atom is 0.267 e. The molecule has 0 bridgehead atoms. The molecule has 4 nitrogen and oxygen atoms in total. The molecule has 2 heterocycles. The minimum atomic E-state index is 0.108.